The first-order valence-electron chi connectivity index (χ1n) is 8.44. The van der Waals surface area contributed by atoms with Crippen LogP contribution in [0.3, 0.4) is 0 Å². The maximum atomic E-state index is 13.3. The molecule has 1 fully saturated rings. The fourth-order valence-corrected chi connectivity index (χ4v) is 4.59. The lowest BCUT2D eigenvalue weighted by atomic mass is 10.1. The molecule has 3 rings (SSSR count). The average Bonchev–Trinajstić information content (AvgIpc) is 3.13. The highest BCUT2D eigenvalue weighted by Crippen LogP contribution is 2.26. The Morgan fingerprint density at radius 2 is 2.11 bits per heavy atom. The van der Waals surface area contributed by atoms with Gasteiger partial charge in [-0.05, 0) is 48.7 Å². The lowest BCUT2D eigenvalue weighted by molar-refractivity contribution is 0.102. The number of hydrogen-bond donors (Lipinski definition) is 1. The number of halogens is 1. The number of rotatable bonds is 6. The normalized spacial score (nSPS) is 16.9. The Labute approximate surface area is 157 Å². The van der Waals surface area contributed by atoms with Gasteiger partial charge in [-0.3, -0.25) is 4.79 Å². The number of methoxy groups -OCH3 is 1. The van der Waals surface area contributed by atoms with Gasteiger partial charge in [-0.25, -0.2) is 12.8 Å². The van der Waals surface area contributed by atoms with Crippen LogP contribution >= 0.6 is 0 Å². The second-order valence-electron chi connectivity index (χ2n) is 6.34. The minimum Gasteiger partial charge on any atom is -0.496 e. The highest BCUT2D eigenvalue weighted by molar-refractivity contribution is 7.91. The summed E-state index contributed by atoms with van der Waals surface area (Å²) in [6.45, 7) is 0.979. The van der Waals surface area contributed by atoms with E-state index in [1.165, 1.54) is 49.6 Å². The molecule has 1 aliphatic heterocycles. The molecular weight excluding hydrogens is 373 g/mol. The van der Waals surface area contributed by atoms with Crippen molar-refractivity contribution in [3.8, 4) is 5.75 Å². The fraction of sp³-hybridized carbons (Fsp3) is 0.316. The zero-order valence-corrected chi connectivity index (χ0v) is 15.6. The van der Waals surface area contributed by atoms with Gasteiger partial charge in [-0.15, -0.1) is 0 Å². The maximum absolute atomic E-state index is 13.3. The van der Waals surface area contributed by atoms with Gasteiger partial charge in [-0.2, -0.15) is 0 Å². The van der Waals surface area contributed by atoms with Gasteiger partial charge in [0.2, 0.25) is 0 Å². The van der Waals surface area contributed by atoms with Crippen molar-refractivity contribution >= 4 is 21.4 Å². The number of carbonyl (C=O) groups is 1. The summed E-state index contributed by atoms with van der Waals surface area (Å²) in [5.74, 6) is -0.938. The molecule has 0 spiro atoms. The van der Waals surface area contributed by atoms with Gasteiger partial charge in [0.15, 0.2) is 9.84 Å². The third kappa shape index (κ3) is 4.64. The molecule has 1 N–H and O–H groups in total. The number of nitrogens with one attached hydrogen (secondary N) is 1. The number of sulfone groups is 1. The molecule has 1 amide bonds. The first kappa shape index (κ1) is 19.3. The maximum Gasteiger partial charge on any atom is 0.259 e. The van der Waals surface area contributed by atoms with E-state index in [0.717, 1.165) is 0 Å². The molecule has 1 heterocycles. The third-order valence-electron chi connectivity index (χ3n) is 4.34. The van der Waals surface area contributed by atoms with Gasteiger partial charge in [0.25, 0.3) is 5.91 Å². The van der Waals surface area contributed by atoms with Gasteiger partial charge in [-0.1, -0.05) is 6.07 Å². The number of benzene rings is 2. The molecule has 2 aromatic rings. The average molecular weight is 393 g/mol. The highest BCUT2D eigenvalue weighted by atomic mass is 32.2. The van der Waals surface area contributed by atoms with E-state index in [0.29, 0.717) is 19.6 Å². The van der Waals surface area contributed by atoms with Crippen LogP contribution in [0.15, 0.2) is 47.4 Å². The lowest BCUT2D eigenvalue weighted by Gasteiger charge is -2.13. The van der Waals surface area contributed by atoms with E-state index in [1.807, 2.05) is 0 Å². The van der Waals surface area contributed by atoms with Crippen molar-refractivity contribution in [1.29, 1.82) is 0 Å². The highest BCUT2D eigenvalue weighted by Gasteiger charge is 2.26. The van der Waals surface area contributed by atoms with Gasteiger partial charge in [0.1, 0.15) is 11.6 Å². The minimum atomic E-state index is -3.58. The number of ether oxygens (including phenoxy) is 2. The van der Waals surface area contributed by atoms with Crippen LogP contribution in [0.25, 0.3) is 0 Å². The minimum absolute atomic E-state index is 0.0374. The van der Waals surface area contributed by atoms with E-state index in [2.05, 4.69) is 5.32 Å². The Balaban J connectivity index is 1.87. The molecule has 6 nitrogen and oxygen atoms in total. The number of anilines is 1. The zero-order valence-electron chi connectivity index (χ0n) is 14.8. The summed E-state index contributed by atoms with van der Waals surface area (Å²) in [4.78, 5) is 12.6. The van der Waals surface area contributed by atoms with E-state index in [4.69, 9.17) is 9.47 Å². The van der Waals surface area contributed by atoms with Crippen molar-refractivity contribution in [1.82, 2.24) is 0 Å². The zero-order chi connectivity index (χ0) is 19.4. The summed E-state index contributed by atoms with van der Waals surface area (Å²) in [6, 6.07) is 9.59. The summed E-state index contributed by atoms with van der Waals surface area (Å²) in [6.07, 6.45) is 0.697. The van der Waals surface area contributed by atoms with Crippen LogP contribution in [0.5, 0.6) is 5.75 Å². The molecule has 27 heavy (non-hydrogen) atoms. The smallest absolute Gasteiger partial charge is 0.259 e. The second kappa shape index (κ2) is 8.06. The first-order chi connectivity index (χ1) is 12.9. The standard InChI is InChI=1S/C19H20FNO5S/c1-25-18-6-5-16(27(23,24)12-13-7-8-26-11-13)10-17(18)19(22)21-15-4-2-3-14(20)9-15/h2-6,9-10,13H,7-8,11-12H2,1H3,(H,21,22)/t13-/m0/s1. The first-order valence-corrected chi connectivity index (χ1v) is 10.1. The summed E-state index contributed by atoms with van der Waals surface area (Å²) in [7, 11) is -2.19. The van der Waals surface area contributed by atoms with Crippen LogP contribution in [0.1, 0.15) is 16.8 Å². The summed E-state index contributed by atoms with van der Waals surface area (Å²) in [5, 5.41) is 2.55. The van der Waals surface area contributed by atoms with Crippen LogP contribution in [-0.2, 0) is 14.6 Å². The fourth-order valence-electron chi connectivity index (χ4n) is 2.94. The molecule has 1 aliphatic rings. The Bertz CT molecular complexity index is 939. The van der Waals surface area contributed by atoms with Crippen molar-refractivity contribution in [2.75, 3.05) is 31.4 Å². The van der Waals surface area contributed by atoms with E-state index in [1.54, 1.807) is 0 Å². The molecule has 1 atom stereocenters. The molecule has 2 aromatic carbocycles. The molecule has 0 aliphatic carbocycles. The lowest BCUT2D eigenvalue weighted by Crippen LogP contribution is -2.18. The van der Waals surface area contributed by atoms with Crippen molar-refractivity contribution in [2.24, 2.45) is 5.92 Å². The molecule has 144 valence electrons. The van der Waals surface area contributed by atoms with E-state index >= 15 is 0 Å². The van der Waals surface area contributed by atoms with Crippen molar-refractivity contribution in [2.45, 2.75) is 11.3 Å². The Kier molecular flexibility index (Phi) is 5.76. The molecule has 1 saturated heterocycles. The summed E-state index contributed by atoms with van der Waals surface area (Å²) in [5.41, 5.74) is 0.323. The van der Waals surface area contributed by atoms with E-state index < -0.39 is 21.6 Å². The number of carbonyl (C=O) groups excluding carboxylic acids is 1. The Morgan fingerprint density at radius 3 is 2.78 bits per heavy atom. The number of hydrogen-bond acceptors (Lipinski definition) is 5. The van der Waals surface area contributed by atoms with Gasteiger partial charge in [0.05, 0.1) is 29.9 Å². The van der Waals surface area contributed by atoms with Crippen LogP contribution < -0.4 is 10.1 Å². The topological polar surface area (TPSA) is 81.7 Å². The van der Waals surface area contributed by atoms with Gasteiger partial charge >= 0.3 is 0 Å². The molecule has 0 aromatic heterocycles. The molecule has 0 unspecified atom stereocenters. The van der Waals surface area contributed by atoms with E-state index in [-0.39, 0.29) is 33.6 Å². The third-order valence-corrected chi connectivity index (χ3v) is 6.22. The Hall–Kier alpha value is -2.45. The quantitative estimate of drug-likeness (QED) is 0.816. The SMILES string of the molecule is COc1ccc(S(=O)(=O)C[C@H]2CCOC2)cc1C(=O)Nc1cccc(F)c1. The van der Waals surface area contributed by atoms with Gasteiger partial charge in [0, 0.05) is 12.3 Å². The predicted molar refractivity (Wildman–Crippen MR) is 98.3 cm³/mol. The predicted octanol–water partition coefficient (Wildman–Crippen LogP) is 2.90. The van der Waals surface area contributed by atoms with Crippen LogP contribution in [0.2, 0.25) is 0 Å². The van der Waals surface area contributed by atoms with Crippen LogP contribution in [-0.4, -0.2) is 40.4 Å². The molecular formula is C19H20FNO5S. The van der Waals surface area contributed by atoms with Crippen molar-refractivity contribution < 1.29 is 27.1 Å². The largest absolute Gasteiger partial charge is 0.496 e. The molecule has 0 bridgehead atoms. The van der Waals surface area contributed by atoms with Crippen LogP contribution in [0.4, 0.5) is 10.1 Å². The molecule has 8 heteroatoms. The summed E-state index contributed by atoms with van der Waals surface area (Å²) < 4.78 is 49.1. The second-order valence-corrected chi connectivity index (χ2v) is 8.37. The molecule has 0 radical (unpaired) electrons. The monoisotopic (exact) mass is 393 g/mol. The Morgan fingerprint density at radius 1 is 1.30 bits per heavy atom. The van der Waals surface area contributed by atoms with Crippen molar-refractivity contribution in [3.63, 3.8) is 0 Å². The van der Waals surface area contributed by atoms with Crippen LogP contribution in [0, 0.1) is 11.7 Å². The van der Waals surface area contributed by atoms with Gasteiger partial charge < -0.3 is 14.8 Å². The number of amides is 1. The molecule has 0 saturated carbocycles. The summed E-state index contributed by atoms with van der Waals surface area (Å²) >= 11 is 0. The van der Waals surface area contributed by atoms with E-state index in [9.17, 15) is 17.6 Å². The van der Waals surface area contributed by atoms with Crippen molar-refractivity contribution in [3.05, 3.63) is 53.8 Å².